The number of urea groups is 1. The van der Waals surface area contributed by atoms with E-state index in [1.165, 1.54) is 19.1 Å². The standard InChI is InChI=1S/C19H23F2N5O4S/c1-11-2-3-12(15(21)14(11)20)10-30-17-13(16(22)27)18(31-25-17)24-19(28)23-4-5-26-6-8-29-9-7-26/h2-3H,4-10H2,1H3,(H2,22,27)(H2,23,24,28). The van der Waals surface area contributed by atoms with Crippen molar-refractivity contribution in [1.82, 2.24) is 14.6 Å². The number of anilines is 1. The number of rotatable bonds is 8. The fourth-order valence-corrected chi connectivity index (χ4v) is 3.66. The van der Waals surface area contributed by atoms with E-state index in [2.05, 4.69) is 19.9 Å². The van der Waals surface area contributed by atoms with Crippen molar-refractivity contribution < 1.29 is 27.8 Å². The number of ether oxygens (including phenoxy) is 2. The number of nitrogens with one attached hydrogen (secondary N) is 2. The van der Waals surface area contributed by atoms with Crippen molar-refractivity contribution in [2.75, 3.05) is 44.7 Å². The van der Waals surface area contributed by atoms with Crippen LogP contribution in [0.5, 0.6) is 5.88 Å². The van der Waals surface area contributed by atoms with Gasteiger partial charge >= 0.3 is 6.03 Å². The first-order chi connectivity index (χ1) is 14.9. The Labute approximate surface area is 181 Å². The van der Waals surface area contributed by atoms with Gasteiger partial charge in [0.25, 0.3) is 5.91 Å². The fourth-order valence-electron chi connectivity index (χ4n) is 2.92. The van der Waals surface area contributed by atoms with Gasteiger partial charge in [0.05, 0.1) is 13.2 Å². The molecular weight excluding hydrogens is 432 g/mol. The number of nitrogens with two attached hydrogens (primary N) is 1. The Kier molecular flexibility index (Phi) is 7.71. The molecule has 0 atom stereocenters. The van der Waals surface area contributed by atoms with Crippen molar-refractivity contribution in [2.45, 2.75) is 13.5 Å². The highest BCUT2D eigenvalue weighted by Gasteiger charge is 2.23. The Bertz CT molecular complexity index is 950. The lowest BCUT2D eigenvalue weighted by Gasteiger charge is -2.26. The molecule has 1 saturated heterocycles. The molecular formula is C19H23F2N5O4S. The van der Waals surface area contributed by atoms with Crippen LogP contribution in [0, 0.1) is 18.6 Å². The van der Waals surface area contributed by atoms with Crippen molar-refractivity contribution in [2.24, 2.45) is 5.73 Å². The summed E-state index contributed by atoms with van der Waals surface area (Å²) in [6.07, 6.45) is 0. The molecule has 3 amide bonds. The number of aromatic nitrogens is 1. The lowest BCUT2D eigenvalue weighted by atomic mass is 10.1. The number of carbonyl (C=O) groups is 2. The maximum atomic E-state index is 14.0. The molecule has 1 aliphatic rings. The number of halogens is 2. The zero-order valence-electron chi connectivity index (χ0n) is 16.9. The minimum absolute atomic E-state index is 0.0399. The van der Waals surface area contributed by atoms with Gasteiger partial charge in [0.1, 0.15) is 17.2 Å². The maximum Gasteiger partial charge on any atom is 0.319 e. The summed E-state index contributed by atoms with van der Waals surface area (Å²) in [6, 6.07) is 2.27. The zero-order chi connectivity index (χ0) is 22.4. The van der Waals surface area contributed by atoms with E-state index >= 15 is 0 Å². The molecule has 2 aromatic rings. The molecule has 1 fully saturated rings. The third-order valence-electron chi connectivity index (χ3n) is 4.67. The van der Waals surface area contributed by atoms with Gasteiger partial charge in [0, 0.05) is 31.7 Å². The predicted octanol–water partition coefficient (Wildman–Crippen LogP) is 1.86. The first-order valence-electron chi connectivity index (χ1n) is 9.57. The van der Waals surface area contributed by atoms with E-state index in [9.17, 15) is 18.4 Å². The SMILES string of the molecule is Cc1ccc(COc2nsc(NC(=O)NCCN3CCOCC3)c2C(N)=O)c(F)c1F. The second kappa shape index (κ2) is 10.5. The number of hydrogen-bond acceptors (Lipinski definition) is 7. The van der Waals surface area contributed by atoms with Crippen molar-refractivity contribution in [3.63, 3.8) is 0 Å². The molecule has 0 radical (unpaired) electrons. The average molecular weight is 455 g/mol. The van der Waals surface area contributed by atoms with Crippen molar-refractivity contribution >= 4 is 28.5 Å². The zero-order valence-corrected chi connectivity index (χ0v) is 17.7. The average Bonchev–Trinajstić information content (AvgIpc) is 3.15. The summed E-state index contributed by atoms with van der Waals surface area (Å²) in [7, 11) is 0. The van der Waals surface area contributed by atoms with Gasteiger partial charge in [-0.05, 0) is 24.0 Å². The number of amides is 3. The molecule has 9 nitrogen and oxygen atoms in total. The number of primary amides is 1. The summed E-state index contributed by atoms with van der Waals surface area (Å²) < 4.78 is 42.3. The molecule has 4 N–H and O–H groups in total. The smallest absolute Gasteiger partial charge is 0.319 e. The number of morpholine rings is 1. The van der Waals surface area contributed by atoms with Gasteiger partial charge in [-0.1, -0.05) is 12.1 Å². The number of benzene rings is 1. The second-order valence-electron chi connectivity index (χ2n) is 6.85. The van der Waals surface area contributed by atoms with Crippen LogP contribution in [-0.2, 0) is 11.3 Å². The molecule has 0 bridgehead atoms. The second-order valence-corrected chi connectivity index (χ2v) is 7.62. The van der Waals surface area contributed by atoms with Crippen LogP contribution in [-0.4, -0.2) is 60.6 Å². The van der Waals surface area contributed by atoms with Crippen LogP contribution in [0.4, 0.5) is 18.6 Å². The highest BCUT2D eigenvalue weighted by Crippen LogP contribution is 2.31. The first-order valence-corrected chi connectivity index (χ1v) is 10.3. The highest BCUT2D eigenvalue weighted by atomic mass is 32.1. The number of aryl methyl sites for hydroxylation is 1. The maximum absolute atomic E-state index is 14.0. The third kappa shape index (κ3) is 5.87. The monoisotopic (exact) mass is 455 g/mol. The Morgan fingerprint density at radius 3 is 2.74 bits per heavy atom. The number of hydrogen-bond donors (Lipinski definition) is 3. The molecule has 0 spiro atoms. The molecule has 0 aliphatic carbocycles. The minimum Gasteiger partial charge on any atom is -0.471 e. The van der Waals surface area contributed by atoms with E-state index in [0.29, 0.717) is 26.3 Å². The molecule has 2 heterocycles. The molecule has 0 unspecified atom stereocenters. The van der Waals surface area contributed by atoms with Crippen molar-refractivity contribution in [3.05, 3.63) is 40.5 Å². The Morgan fingerprint density at radius 1 is 1.29 bits per heavy atom. The molecule has 3 rings (SSSR count). The molecule has 168 valence electrons. The topological polar surface area (TPSA) is 119 Å². The van der Waals surface area contributed by atoms with Crippen molar-refractivity contribution in [3.8, 4) is 5.88 Å². The number of nitrogens with zero attached hydrogens (tertiary/aromatic N) is 2. The first kappa shape index (κ1) is 22.8. The van der Waals surface area contributed by atoms with E-state index in [-0.39, 0.29) is 34.2 Å². The van der Waals surface area contributed by atoms with Crippen LogP contribution in [0.3, 0.4) is 0 Å². The fraction of sp³-hybridized carbons (Fsp3) is 0.421. The summed E-state index contributed by atoms with van der Waals surface area (Å²) >= 11 is 0.797. The largest absolute Gasteiger partial charge is 0.471 e. The van der Waals surface area contributed by atoms with E-state index in [1.807, 2.05) is 0 Å². The Balaban J connectivity index is 1.59. The third-order valence-corrected chi connectivity index (χ3v) is 5.42. The van der Waals surface area contributed by atoms with Crippen LogP contribution in [0.1, 0.15) is 21.5 Å². The molecule has 1 aromatic carbocycles. The van der Waals surface area contributed by atoms with Crippen LogP contribution in [0.25, 0.3) is 0 Å². The van der Waals surface area contributed by atoms with E-state index < -0.39 is 23.6 Å². The summed E-state index contributed by atoms with van der Waals surface area (Å²) in [5.74, 6) is -3.04. The van der Waals surface area contributed by atoms with E-state index in [4.69, 9.17) is 15.2 Å². The van der Waals surface area contributed by atoms with Crippen LogP contribution < -0.4 is 21.1 Å². The molecule has 12 heteroatoms. The van der Waals surface area contributed by atoms with Gasteiger partial charge in [0.2, 0.25) is 5.88 Å². The predicted molar refractivity (Wildman–Crippen MR) is 110 cm³/mol. The van der Waals surface area contributed by atoms with Crippen LogP contribution in [0.2, 0.25) is 0 Å². The van der Waals surface area contributed by atoms with Gasteiger partial charge in [-0.2, -0.15) is 4.37 Å². The number of carbonyl (C=O) groups excluding carboxylic acids is 2. The molecule has 1 aromatic heterocycles. The lowest BCUT2D eigenvalue weighted by Crippen LogP contribution is -2.42. The van der Waals surface area contributed by atoms with Gasteiger partial charge in [-0.25, -0.2) is 13.6 Å². The summed E-state index contributed by atoms with van der Waals surface area (Å²) in [5, 5.41) is 5.32. The summed E-state index contributed by atoms with van der Waals surface area (Å²) in [6.45, 7) is 5.07. The molecule has 31 heavy (non-hydrogen) atoms. The Morgan fingerprint density at radius 2 is 2.03 bits per heavy atom. The van der Waals surface area contributed by atoms with Crippen LogP contribution >= 0.6 is 11.5 Å². The highest BCUT2D eigenvalue weighted by molar-refractivity contribution is 7.11. The molecule has 1 aliphatic heterocycles. The minimum atomic E-state index is -1.03. The van der Waals surface area contributed by atoms with Gasteiger partial charge < -0.3 is 20.5 Å². The van der Waals surface area contributed by atoms with Crippen LogP contribution in [0.15, 0.2) is 12.1 Å². The van der Waals surface area contributed by atoms with E-state index in [1.54, 1.807) is 0 Å². The van der Waals surface area contributed by atoms with Crippen molar-refractivity contribution in [1.29, 1.82) is 0 Å². The normalized spacial score (nSPS) is 14.3. The molecule has 0 saturated carbocycles. The van der Waals surface area contributed by atoms with Gasteiger partial charge in [-0.15, -0.1) is 0 Å². The quantitative estimate of drug-likeness (QED) is 0.559. The van der Waals surface area contributed by atoms with E-state index in [0.717, 1.165) is 24.6 Å². The van der Waals surface area contributed by atoms with Gasteiger partial charge in [-0.3, -0.25) is 15.0 Å². The Hall–Kier alpha value is -2.83. The summed E-state index contributed by atoms with van der Waals surface area (Å²) in [5.41, 5.74) is 5.39. The lowest BCUT2D eigenvalue weighted by molar-refractivity contribution is 0.0388. The summed E-state index contributed by atoms with van der Waals surface area (Å²) in [4.78, 5) is 26.2. The van der Waals surface area contributed by atoms with Gasteiger partial charge in [0.15, 0.2) is 11.6 Å².